The van der Waals surface area contributed by atoms with Crippen LogP contribution in [0.4, 0.5) is 4.79 Å². The Morgan fingerprint density at radius 3 is 2.60 bits per heavy atom. The fourth-order valence-corrected chi connectivity index (χ4v) is 5.74. The molecule has 0 aromatic heterocycles. The predicted molar refractivity (Wildman–Crippen MR) is 159 cm³/mol. The first kappa shape index (κ1) is 29.6. The number of piperidine rings is 1. The van der Waals surface area contributed by atoms with Gasteiger partial charge < -0.3 is 25.4 Å². The third kappa shape index (κ3) is 7.42. The molecule has 0 radical (unpaired) electrons. The lowest BCUT2D eigenvalue weighted by atomic mass is 9.84. The van der Waals surface area contributed by atoms with Gasteiger partial charge in [0.25, 0.3) is 5.91 Å². The second-order valence-electron chi connectivity index (χ2n) is 10.2. The summed E-state index contributed by atoms with van der Waals surface area (Å²) >= 11 is 6.83. The molecule has 4 rings (SSSR count). The number of halogens is 1. The minimum Gasteiger partial charge on any atom is -0.465 e. The quantitative estimate of drug-likeness (QED) is 0.243. The van der Waals surface area contributed by atoms with E-state index in [2.05, 4.69) is 35.8 Å². The number of nitrogens with one attached hydrogen (secondary N) is 2. The van der Waals surface area contributed by atoms with Crippen molar-refractivity contribution in [2.45, 2.75) is 38.8 Å². The second kappa shape index (κ2) is 14.3. The number of ether oxygens (including phenoxy) is 1. The molecule has 7 nitrogen and oxygen atoms in total. The van der Waals surface area contributed by atoms with E-state index in [9.17, 15) is 9.59 Å². The number of carbonyl (C=O) groups excluding carboxylic acids is 1. The molecule has 3 aromatic carbocycles. The number of amides is 2. The molecule has 40 heavy (non-hydrogen) atoms. The molecular formula is C32H38ClN3O4. The molecule has 1 aliphatic rings. The summed E-state index contributed by atoms with van der Waals surface area (Å²) in [6, 6.07) is 21.9. The van der Waals surface area contributed by atoms with Gasteiger partial charge in [-0.1, -0.05) is 67.1 Å². The summed E-state index contributed by atoms with van der Waals surface area (Å²) in [5.74, 6) is 0.0200. The Balaban J connectivity index is 1.64. The van der Waals surface area contributed by atoms with Gasteiger partial charge in [-0.25, -0.2) is 4.79 Å². The number of carbonyl (C=O) groups is 2. The van der Waals surface area contributed by atoms with E-state index >= 15 is 0 Å². The van der Waals surface area contributed by atoms with Crippen LogP contribution in [0.2, 0.25) is 5.02 Å². The topological polar surface area (TPSA) is 90.9 Å². The Hall–Kier alpha value is -3.39. The highest BCUT2D eigenvalue weighted by Gasteiger charge is 2.33. The van der Waals surface area contributed by atoms with Crippen molar-refractivity contribution in [3.05, 3.63) is 94.0 Å². The van der Waals surface area contributed by atoms with Crippen LogP contribution in [0.3, 0.4) is 0 Å². The van der Waals surface area contributed by atoms with E-state index in [0.29, 0.717) is 23.7 Å². The van der Waals surface area contributed by atoms with Crippen molar-refractivity contribution in [1.82, 2.24) is 15.5 Å². The van der Waals surface area contributed by atoms with Crippen LogP contribution in [0.1, 0.15) is 52.9 Å². The van der Waals surface area contributed by atoms with Crippen molar-refractivity contribution in [3.8, 4) is 11.1 Å². The molecule has 1 aliphatic heterocycles. The summed E-state index contributed by atoms with van der Waals surface area (Å²) < 4.78 is 6.44. The molecule has 3 aromatic rings. The Bertz CT molecular complexity index is 1300. The molecule has 0 bridgehead atoms. The van der Waals surface area contributed by atoms with Gasteiger partial charge in [0.15, 0.2) is 0 Å². The summed E-state index contributed by atoms with van der Waals surface area (Å²) in [4.78, 5) is 26.4. The predicted octanol–water partition coefficient (Wildman–Crippen LogP) is 6.17. The van der Waals surface area contributed by atoms with Crippen LogP contribution in [0.5, 0.6) is 0 Å². The van der Waals surface area contributed by atoms with Gasteiger partial charge in [-0.2, -0.15) is 0 Å². The molecule has 8 heteroatoms. The fraction of sp³-hybridized carbons (Fsp3) is 0.375. The molecular weight excluding hydrogens is 526 g/mol. The number of aryl methyl sites for hydroxylation is 1. The highest BCUT2D eigenvalue weighted by Crippen LogP contribution is 2.41. The first-order chi connectivity index (χ1) is 19.4. The summed E-state index contributed by atoms with van der Waals surface area (Å²) in [5.41, 5.74) is 5.89. The number of rotatable bonds is 11. The zero-order valence-corrected chi connectivity index (χ0v) is 23.9. The second-order valence-corrected chi connectivity index (χ2v) is 10.6. The molecule has 3 N–H and O–H groups in total. The Morgan fingerprint density at radius 1 is 1.10 bits per heavy atom. The van der Waals surface area contributed by atoms with Gasteiger partial charge in [0, 0.05) is 48.2 Å². The molecule has 0 aliphatic carbocycles. The Morgan fingerprint density at radius 2 is 1.88 bits per heavy atom. The van der Waals surface area contributed by atoms with E-state index in [-0.39, 0.29) is 31.1 Å². The molecule has 1 heterocycles. The van der Waals surface area contributed by atoms with Gasteiger partial charge in [0.2, 0.25) is 0 Å². The van der Waals surface area contributed by atoms with Crippen LogP contribution in [-0.2, 0) is 17.7 Å². The van der Waals surface area contributed by atoms with Gasteiger partial charge >= 0.3 is 6.09 Å². The molecule has 0 saturated carbocycles. The average Bonchev–Trinajstić information content (AvgIpc) is 2.97. The highest BCUT2D eigenvalue weighted by atomic mass is 35.5. The van der Waals surface area contributed by atoms with E-state index in [0.717, 1.165) is 48.1 Å². The van der Waals surface area contributed by atoms with Crippen molar-refractivity contribution in [2.75, 3.05) is 33.3 Å². The lowest BCUT2D eigenvalue weighted by molar-refractivity contribution is -0.0114. The van der Waals surface area contributed by atoms with E-state index < -0.39 is 6.09 Å². The lowest BCUT2D eigenvalue weighted by Crippen LogP contribution is -2.42. The summed E-state index contributed by atoms with van der Waals surface area (Å²) in [6.45, 7) is 4.46. The highest BCUT2D eigenvalue weighted by molar-refractivity contribution is 6.33. The smallest absolute Gasteiger partial charge is 0.404 e. The SMILES string of the molecule is CCc1cccc(-c2c(Cl)cccc2C(OCCNC(=O)O)[C@@H]2CCCN(C(=O)c3ccc(CNC)cc3)C2)c1. The van der Waals surface area contributed by atoms with Crippen molar-refractivity contribution in [2.24, 2.45) is 5.92 Å². The fourth-order valence-electron chi connectivity index (χ4n) is 5.45. The third-order valence-electron chi connectivity index (χ3n) is 7.41. The van der Waals surface area contributed by atoms with Crippen LogP contribution in [-0.4, -0.2) is 55.3 Å². The number of likely N-dealkylation sites (tertiary alicyclic amines) is 1. The zero-order valence-electron chi connectivity index (χ0n) is 23.2. The number of nitrogens with zero attached hydrogens (tertiary/aromatic N) is 1. The molecule has 1 saturated heterocycles. The summed E-state index contributed by atoms with van der Waals surface area (Å²) in [7, 11) is 1.90. The van der Waals surface area contributed by atoms with E-state index in [1.165, 1.54) is 5.56 Å². The van der Waals surface area contributed by atoms with Gasteiger partial charge in [-0.05, 0) is 66.8 Å². The molecule has 0 spiro atoms. The number of hydrogen-bond donors (Lipinski definition) is 3. The maximum Gasteiger partial charge on any atom is 0.404 e. The van der Waals surface area contributed by atoms with Gasteiger partial charge in [0.1, 0.15) is 0 Å². The van der Waals surface area contributed by atoms with Crippen molar-refractivity contribution < 1.29 is 19.4 Å². The number of hydrogen-bond acceptors (Lipinski definition) is 4. The van der Waals surface area contributed by atoms with Crippen molar-refractivity contribution in [1.29, 1.82) is 0 Å². The zero-order chi connectivity index (χ0) is 28.5. The molecule has 1 unspecified atom stereocenters. The molecule has 2 atom stereocenters. The maximum absolute atomic E-state index is 13.5. The van der Waals surface area contributed by atoms with E-state index in [1.54, 1.807) is 0 Å². The normalized spacial score (nSPS) is 16.0. The third-order valence-corrected chi connectivity index (χ3v) is 7.72. The maximum atomic E-state index is 13.5. The van der Waals surface area contributed by atoms with E-state index in [1.807, 2.05) is 60.5 Å². The Kier molecular flexibility index (Phi) is 10.6. The first-order valence-corrected chi connectivity index (χ1v) is 14.3. The standard InChI is InChI=1S/C32H38ClN3O4/c1-3-22-7-4-8-25(19-22)29-27(10-5-11-28(29)33)30(40-18-16-35-32(38)39)26-9-6-17-36(21-26)31(37)24-14-12-23(13-15-24)20-34-2/h4-5,7-8,10-15,19,26,30,34-35H,3,6,9,16-18,20-21H2,1-2H3,(H,38,39)/t26-,30?/m1/s1. The first-order valence-electron chi connectivity index (χ1n) is 13.9. The molecule has 212 valence electrons. The number of carboxylic acid groups (broad SMARTS) is 1. The van der Waals surface area contributed by atoms with Crippen molar-refractivity contribution >= 4 is 23.6 Å². The molecule has 2 amide bonds. The Labute approximate surface area is 241 Å². The van der Waals surface area contributed by atoms with Gasteiger partial charge in [-0.3, -0.25) is 4.79 Å². The van der Waals surface area contributed by atoms with Crippen LogP contribution in [0.15, 0.2) is 66.7 Å². The lowest BCUT2D eigenvalue weighted by Gasteiger charge is -2.38. The summed E-state index contributed by atoms with van der Waals surface area (Å²) in [5, 5.41) is 15.2. The van der Waals surface area contributed by atoms with E-state index in [4.69, 9.17) is 21.4 Å². The van der Waals surface area contributed by atoms with Crippen LogP contribution >= 0.6 is 11.6 Å². The van der Waals surface area contributed by atoms with Crippen LogP contribution in [0.25, 0.3) is 11.1 Å². The molecule has 1 fully saturated rings. The van der Waals surface area contributed by atoms with Gasteiger partial charge in [0.05, 0.1) is 12.7 Å². The monoisotopic (exact) mass is 563 g/mol. The van der Waals surface area contributed by atoms with Crippen molar-refractivity contribution in [3.63, 3.8) is 0 Å². The minimum absolute atomic E-state index is 0.00830. The summed E-state index contributed by atoms with van der Waals surface area (Å²) in [6.07, 6.45) is 1.17. The van der Waals surface area contributed by atoms with Gasteiger partial charge in [-0.15, -0.1) is 0 Å². The average molecular weight is 564 g/mol. The largest absolute Gasteiger partial charge is 0.465 e. The minimum atomic E-state index is -1.09. The van der Waals surface area contributed by atoms with Crippen LogP contribution < -0.4 is 10.6 Å². The van der Waals surface area contributed by atoms with Crippen LogP contribution in [0, 0.1) is 5.92 Å². The number of benzene rings is 3.